The van der Waals surface area contributed by atoms with E-state index >= 15 is 0 Å². The molecule has 0 nitrogen and oxygen atoms in total. The van der Waals surface area contributed by atoms with Gasteiger partial charge in [-0.1, -0.05) is 32.9 Å². The zero-order valence-electron chi connectivity index (χ0n) is 9.15. The van der Waals surface area contributed by atoms with Crippen molar-refractivity contribution >= 4 is 0 Å². The second-order valence-electron chi connectivity index (χ2n) is 3.00. The maximum Gasteiger partial charge on any atom is -0.0188 e. The van der Waals surface area contributed by atoms with Crippen LogP contribution in [0.15, 0.2) is 23.3 Å². The van der Waals surface area contributed by atoms with Crippen LogP contribution in [0.4, 0.5) is 0 Å². The van der Waals surface area contributed by atoms with Gasteiger partial charge in [0.15, 0.2) is 0 Å². The molecule has 1 saturated carbocycles. The average Bonchev–Trinajstić information content (AvgIpc) is 2.49. The van der Waals surface area contributed by atoms with Crippen molar-refractivity contribution in [1.82, 2.24) is 0 Å². The van der Waals surface area contributed by atoms with Gasteiger partial charge in [-0.2, -0.15) is 0 Å². The Morgan fingerprint density at radius 2 is 1.75 bits per heavy atom. The minimum Gasteiger partial charge on any atom is -0.0842 e. The Morgan fingerprint density at radius 1 is 1.17 bits per heavy atom. The lowest BCUT2D eigenvalue weighted by atomic mass is 10.0. The zero-order valence-corrected chi connectivity index (χ0v) is 9.15. The van der Waals surface area contributed by atoms with E-state index < -0.39 is 0 Å². The Hall–Kier alpha value is -0.520. The summed E-state index contributed by atoms with van der Waals surface area (Å²) >= 11 is 0. The molecule has 1 unspecified atom stereocenters. The molecule has 0 heterocycles. The monoisotopic (exact) mass is 166 g/mol. The Kier molecular flexibility index (Phi) is 5.79. The molecule has 12 heavy (non-hydrogen) atoms. The first kappa shape index (κ1) is 11.5. The van der Waals surface area contributed by atoms with Crippen LogP contribution in [0.25, 0.3) is 0 Å². The van der Waals surface area contributed by atoms with Crippen molar-refractivity contribution < 1.29 is 0 Å². The Labute approximate surface area is 77.4 Å². The molecule has 1 atom stereocenters. The molecule has 0 aliphatic heterocycles. The lowest BCUT2D eigenvalue weighted by molar-refractivity contribution is 0.696. The number of hydrogen-bond acceptors (Lipinski definition) is 0. The molecular weight excluding hydrogens is 144 g/mol. The van der Waals surface area contributed by atoms with Gasteiger partial charge in [0.1, 0.15) is 0 Å². The van der Waals surface area contributed by atoms with Gasteiger partial charge in [0.2, 0.25) is 0 Å². The molecule has 0 aromatic carbocycles. The molecule has 0 aromatic rings. The highest BCUT2D eigenvalue weighted by molar-refractivity contribution is 5.35. The van der Waals surface area contributed by atoms with Crippen molar-refractivity contribution in [3.8, 4) is 0 Å². The Bertz CT molecular complexity index is 172. The van der Waals surface area contributed by atoms with Crippen molar-refractivity contribution in [2.24, 2.45) is 5.92 Å². The van der Waals surface area contributed by atoms with Gasteiger partial charge in [-0.15, -0.1) is 0 Å². The molecule has 0 amide bonds. The van der Waals surface area contributed by atoms with E-state index in [1.807, 2.05) is 13.8 Å². The predicted molar refractivity (Wildman–Crippen MR) is 57.3 cm³/mol. The minimum absolute atomic E-state index is 0.802. The van der Waals surface area contributed by atoms with E-state index in [1.54, 1.807) is 11.1 Å². The lowest BCUT2D eigenvalue weighted by Crippen LogP contribution is -1.88. The van der Waals surface area contributed by atoms with E-state index in [4.69, 9.17) is 0 Å². The van der Waals surface area contributed by atoms with Crippen LogP contribution in [0.3, 0.4) is 0 Å². The van der Waals surface area contributed by atoms with Crippen LogP contribution < -0.4 is 0 Å². The Balaban J connectivity index is 0.000000561. The van der Waals surface area contributed by atoms with Gasteiger partial charge >= 0.3 is 0 Å². The van der Waals surface area contributed by atoms with Gasteiger partial charge in [-0.25, -0.2) is 0 Å². The highest BCUT2D eigenvalue weighted by Gasteiger charge is 2.19. The topological polar surface area (TPSA) is 0 Å². The summed E-state index contributed by atoms with van der Waals surface area (Å²) in [6, 6.07) is 0. The molecule has 0 N–H and O–H groups in total. The zero-order chi connectivity index (χ0) is 9.56. The van der Waals surface area contributed by atoms with E-state index in [0.717, 1.165) is 5.92 Å². The van der Waals surface area contributed by atoms with Gasteiger partial charge < -0.3 is 0 Å². The van der Waals surface area contributed by atoms with E-state index in [2.05, 4.69) is 32.9 Å². The maximum absolute atomic E-state index is 2.31. The highest BCUT2D eigenvalue weighted by Crippen LogP contribution is 2.35. The number of allylic oxidation sites excluding steroid dienone is 4. The van der Waals surface area contributed by atoms with Crippen LogP contribution in [0.5, 0.6) is 0 Å². The summed E-state index contributed by atoms with van der Waals surface area (Å²) in [5, 5.41) is 0. The first-order valence-corrected chi connectivity index (χ1v) is 5.11. The fraction of sp³-hybridized carbons (Fsp3) is 0.667. The predicted octanol–water partition coefficient (Wildman–Crippen LogP) is 4.34. The summed E-state index contributed by atoms with van der Waals surface area (Å²) in [5.41, 5.74) is 3.14. The van der Waals surface area contributed by atoms with E-state index in [-0.39, 0.29) is 0 Å². The summed E-state index contributed by atoms with van der Waals surface area (Å²) in [4.78, 5) is 0. The molecule has 0 radical (unpaired) electrons. The Morgan fingerprint density at radius 3 is 2.08 bits per heavy atom. The normalized spacial score (nSPS) is 28.9. The molecule has 1 rings (SSSR count). The average molecular weight is 166 g/mol. The van der Waals surface area contributed by atoms with Crippen LogP contribution in [0, 0.1) is 5.92 Å². The second kappa shape index (κ2) is 6.05. The van der Waals surface area contributed by atoms with Gasteiger partial charge in [0.25, 0.3) is 0 Å². The van der Waals surface area contributed by atoms with Crippen LogP contribution in [0.1, 0.15) is 47.5 Å². The van der Waals surface area contributed by atoms with Crippen molar-refractivity contribution in [3.05, 3.63) is 23.3 Å². The van der Waals surface area contributed by atoms with Gasteiger partial charge in [0, 0.05) is 0 Å². The highest BCUT2D eigenvalue weighted by atomic mass is 14.2. The third-order valence-electron chi connectivity index (χ3n) is 2.41. The summed E-state index contributed by atoms with van der Waals surface area (Å²) in [6.45, 7) is 10.6. The molecule has 0 spiro atoms. The molecular formula is C12H22. The number of rotatable bonds is 0. The molecule has 1 aliphatic rings. The maximum atomic E-state index is 2.31. The van der Waals surface area contributed by atoms with Crippen LogP contribution in [0.2, 0.25) is 0 Å². The second-order valence-corrected chi connectivity index (χ2v) is 3.00. The van der Waals surface area contributed by atoms with Gasteiger partial charge in [0.05, 0.1) is 0 Å². The van der Waals surface area contributed by atoms with Crippen molar-refractivity contribution in [1.29, 1.82) is 0 Å². The van der Waals surface area contributed by atoms with E-state index in [9.17, 15) is 0 Å². The molecule has 0 aromatic heterocycles. The van der Waals surface area contributed by atoms with Gasteiger partial charge in [-0.05, 0) is 43.8 Å². The third kappa shape index (κ3) is 2.51. The summed E-state index contributed by atoms with van der Waals surface area (Å²) in [6.07, 6.45) is 7.14. The quantitative estimate of drug-likeness (QED) is 0.502. The smallest absolute Gasteiger partial charge is 0.0188 e. The van der Waals surface area contributed by atoms with Crippen molar-refractivity contribution in [2.45, 2.75) is 47.5 Å². The fourth-order valence-electron chi connectivity index (χ4n) is 1.77. The first-order valence-electron chi connectivity index (χ1n) is 5.11. The van der Waals surface area contributed by atoms with Crippen LogP contribution >= 0.6 is 0 Å². The lowest BCUT2D eigenvalue weighted by Gasteiger charge is -2.03. The summed E-state index contributed by atoms with van der Waals surface area (Å²) in [5.74, 6) is 0.802. The van der Waals surface area contributed by atoms with Crippen molar-refractivity contribution in [2.75, 3.05) is 0 Å². The van der Waals surface area contributed by atoms with E-state index in [0.29, 0.717) is 0 Å². The van der Waals surface area contributed by atoms with Crippen molar-refractivity contribution in [3.63, 3.8) is 0 Å². The fourth-order valence-corrected chi connectivity index (χ4v) is 1.77. The van der Waals surface area contributed by atoms with E-state index in [1.165, 1.54) is 12.8 Å². The minimum atomic E-state index is 0.802. The molecule has 0 heteroatoms. The molecule has 70 valence electrons. The molecule has 1 fully saturated rings. The van der Waals surface area contributed by atoms with Crippen LogP contribution in [-0.4, -0.2) is 0 Å². The molecule has 0 saturated heterocycles. The molecule has 1 aliphatic carbocycles. The van der Waals surface area contributed by atoms with Crippen LogP contribution in [-0.2, 0) is 0 Å². The largest absolute Gasteiger partial charge is 0.0842 e. The SMILES string of the molecule is C/C=C1/CCC(C)/C1=C/C.CC. The first-order chi connectivity index (χ1) is 5.79. The standard InChI is InChI=1S/C10H16.C2H6/c1-4-9-7-6-8(3)10(9)5-2;1-2/h4-5,8H,6-7H2,1-3H3;1-2H3/b9-4-,10-5-;. The summed E-state index contributed by atoms with van der Waals surface area (Å²) in [7, 11) is 0. The summed E-state index contributed by atoms with van der Waals surface area (Å²) < 4.78 is 0. The number of hydrogen-bond donors (Lipinski definition) is 0. The third-order valence-corrected chi connectivity index (χ3v) is 2.41. The molecule has 0 bridgehead atoms. The van der Waals surface area contributed by atoms with Gasteiger partial charge in [-0.3, -0.25) is 0 Å².